The molecule has 0 aromatic rings. The highest BCUT2D eigenvalue weighted by Gasteiger charge is 2.09. The molecule has 0 unspecified atom stereocenters. The molecule has 1 heterocycles. The van der Waals surface area contributed by atoms with Crippen LogP contribution in [0, 0.1) is 0 Å². The molecule has 0 spiro atoms. The number of hydrogen-bond acceptors (Lipinski definition) is 2. The van der Waals surface area contributed by atoms with Crippen molar-refractivity contribution in [1.29, 1.82) is 0 Å². The van der Waals surface area contributed by atoms with Gasteiger partial charge in [0.2, 0.25) is 0 Å². The van der Waals surface area contributed by atoms with Gasteiger partial charge < -0.3 is 9.80 Å². The Morgan fingerprint density at radius 3 is 1.14 bits per heavy atom. The third kappa shape index (κ3) is 22.8. The second-order valence-electron chi connectivity index (χ2n) is 11.8. The molecular formula is C33H68N2. The number of piperidine rings is 1. The first kappa shape index (κ1) is 32.9. The average molecular weight is 493 g/mol. The lowest BCUT2D eigenvalue weighted by Crippen LogP contribution is -2.31. The zero-order valence-corrected chi connectivity index (χ0v) is 24.8. The van der Waals surface area contributed by atoms with Gasteiger partial charge in [-0.1, -0.05) is 136 Å². The summed E-state index contributed by atoms with van der Waals surface area (Å²) in [6.45, 7) is 12.8. The van der Waals surface area contributed by atoms with Crippen LogP contribution in [0.2, 0.25) is 0 Å². The first-order valence-corrected chi connectivity index (χ1v) is 16.8. The van der Waals surface area contributed by atoms with E-state index in [9.17, 15) is 0 Å². The Morgan fingerprint density at radius 1 is 0.400 bits per heavy atom. The molecule has 0 bridgehead atoms. The summed E-state index contributed by atoms with van der Waals surface area (Å²) in [4.78, 5) is 5.55. The van der Waals surface area contributed by atoms with Crippen molar-refractivity contribution in [2.75, 3.05) is 39.3 Å². The van der Waals surface area contributed by atoms with Gasteiger partial charge in [0.15, 0.2) is 0 Å². The van der Waals surface area contributed by atoms with Crippen molar-refractivity contribution in [1.82, 2.24) is 9.80 Å². The molecule has 0 aromatic carbocycles. The molecule has 1 rings (SSSR count). The third-order valence-corrected chi connectivity index (χ3v) is 8.30. The molecule has 2 nitrogen and oxygen atoms in total. The summed E-state index contributed by atoms with van der Waals surface area (Å²) in [5.41, 5.74) is 0. The van der Waals surface area contributed by atoms with E-state index in [1.807, 2.05) is 0 Å². The normalized spacial score (nSPS) is 14.8. The third-order valence-electron chi connectivity index (χ3n) is 8.30. The van der Waals surface area contributed by atoms with Crippen LogP contribution in [-0.2, 0) is 0 Å². The summed E-state index contributed by atoms with van der Waals surface area (Å²) in [6, 6.07) is 0. The summed E-state index contributed by atoms with van der Waals surface area (Å²) >= 11 is 0. The van der Waals surface area contributed by atoms with E-state index < -0.39 is 0 Å². The highest BCUT2D eigenvalue weighted by Crippen LogP contribution is 2.14. The Labute approximate surface area is 223 Å². The summed E-state index contributed by atoms with van der Waals surface area (Å²) in [5.74, 6) is 0. The fourth-order valence-corrected chi connectivity index (χ4v) is 5.83. The Morgan fingerprint density at radius 2 is 0.743 bits per heavy atom. The molecule has 0 aromatic heterocycles. The maximum Gasteiger partial charge on any atom is -0.00187 e. The van der Waals surface area contributed by atoms with Crippen LogP contribution in [0.1, 0.15) is 174 Å². The van der Waals surface area contributed by atoms with Gasteiger partial charge in [-0.3, -0.25) is 0 Å². The van der Waals surface area contributed by atoms with Crippen LogP contribution in [0.15, 0.2) is 0 Å². The van der Waals surface area contributed by atoms with Crippen molar-refractivity contribution in [3.05, 3.63) is 0 Å². The molecule has 1 aliphatic rings. The van der Waals surface area contributed by atoms with Crippen molar-refractivity contribution in [3.63, 3.8) is 0 Å². The van der Waals surface area contributed by atoms with E-state index in [0.717, 1.165) is 0 Å². The highest BCUT2D eigenvalue weighted by molar-refractivity contribution is 4.65. The molecule has 210 valence electrons. The fourth-order valence-electron chi connectivity index (χ4n) is 5.83. The van der Waals surface area contributed by atoms with Gasteiger partial charge >= 0.3 is 0 Å². The number of nitrogens with zero attached hydrogens (tertiary/aromatic N) is 2. The summed E-state index contributed by atoms with van der Waals surface area (Å²) < 4.78 is 0. The molecular weight excluding hydrogens is 424 g/mol. The van der Waals surface area contributed by atoms with E-state index in [1.165, 1.54) is 200 Å². The molecule has 1 saturated heterocycles. The van der Waals surface area contributed by atoms with E-state index in [-0.39, 0.29) is 0 Å². The summed E-state index contributed by atoms with van der Waals surface area (Å²) in [7, 11) is 0. The lowest BCUT2D eigenvalue weighted by molar-refractivity contribution is 0.218. The number of hydrogen-bond donors (Lipinski definition) is 0. The molecule has 0 radical (unpaired) electrons. The van der Waals surface area contributed by atoms with Gasteiger partial charge in [0.1, 0.15) is 0 Å². The maximum atomic E-state index is 2.84. The van der Waals surface area contributed by atoms with E-state index in [2.05, 4.69) is 23.6 Å². The maximum absolute atomic E-state index is 2.84. The van der Waals surface area contributed by atoms with Gasteiger partial charge in [0, 0.05) is 0 Å². The largest absolute Gasteiger partial charge is 0.303 e. The van der Waals surface area contributed by atoms with Crippen molar-refractivity contribution in [2.45, 2.75) is 174 Å². The molecule has 0 atom stereocenters. The zero-order chi connectivity index (χ0) is 25.1. The smallest absolute Gasteiger partial charge is 0.00187 e. The first-order valence-electron chi connectivity index (χ1n) is 16.8. The van der Waals surface area contributed by atoms with Crippen molar-refractivity contribution >= 4 is 0 Å². The van der Waals surface area contributed by atoms with Gasteiger partial charge in [-0.2, -0.15) is 0 Å². The van der Waals surface area contributed by atoms with Crippen LogP contribution in [0.4, 0.5) is 0 Å². The zero-order valence-electron chi connectivity index (χ0n) is 24.8. The van der Waals surface area contributed by atoms with Gasteiger partial charge in [-0.15, -0.1) is 0 Å². The van der Waals surface area contributed by atoms with Crippen LogP contribution < -0.4 is 0 Å². The van der Waals surface area contributed by atoms with E-state index in [1.54, 1.807) is 0 Å². The Kier molecular flexibility index (Phi) is 25.4. The standard InChI is InChI=1S/C33H68N2/c1-3-5-7-9-11-13-14-15-17-19-23-29-34(28-22-18-16-12-10-8-6-4-2)30-24-20-25-31-35-32-26-21-27-33-35/h3-33H2,1-2H3. The monoisotopic (exact) mass is 493 g/mol. The van der Waals surface area contributed by atoms with E-state index in [0.29, 0.717) is 0 Å². The highest BCUT2D eigenvalue weighted by atomic mass is 15.1. The predicted molar refractivity (Wildman–Crippen MR) is 160 cm³/mol. The van der Waals surface area contributed by atoms with Gasteiger partial charge in [-0.05, 0) is 77.8 Å². The quantitative estimate of drug-likeness (QED) is 0.105. The van der Waals surface area contributed by atoms with Crippen LogP contribution in [0.3, 0.4) is 0 Å². The fraction of sp³-hybridized carbons (Fsp3) is 1.00. The number of likely N-dealkylation sites (tertiary alicyclic amines) is 1. The second kappa shape index (κ2) is 27.0. The average Bonchev–Trinajstić information content (AvgIpc) is 2.88. The molecule has 1 fully saturated rings. The van der Waals surface area contributed by atoms with Gasteiger partial charge in [-0.25, -0.2) is 0 Å². The topological polar surface area (TPSA) is 6.48 Å². The molecule has 2 heteroatoms. The Bertz CT molecular complexity index is 391. The first-order chi connectivity index (χ1) is 17.4. The van der Waals surface area contributed by atoms with Crippen LogP contribution in [0.25, 0.3) is 0 Å². The van der Waals surface area contributed by atoms with E-state index >= 15 is 0 Å². The van der Waals surface area contributed by atoms with Gasteiger partial charge in [0.05, 0.1) is 0 Å². The predicted octanol–water partition coefficient (Wildman–Crippen LogP) is 10.4. The minimum Gasteiger partial charge on any atom is -0.303 e. The molecule has 0 amide bonds. The summed E-state index contributed by atoms with van der Waals surface area (Å²) in [5, 5.41) is 0. The summed E-state index contributed by atoms with van der Waals surface area (Å²) in [6.07, 6.45) is 36.2. The van der Waals surface area contributed by atoms with Gasteiger partial charge in [0.25, 0.3) is 0 Å². The molecule has 1 aliphatic heterocycles. The molecule has 0 N–H and O–H groups in total. The number of unbranched alkanes of at least 4 members (excludes halogenated alkanes) is 19. The van der Waals surface area contributed by atoms with E-state index in [4.69, 9.17) is 0 Å². The molecule has 0 aliphatic carbocycles. The Hall–Kier alpha value is -0.0800. The van der Waals surface area contributed by atoms with Crippen LogP contribution in [-0.4, -0.2) is 49.1 Å². The van der Waals surface area contributed by atoms with Crippen molar-refractivity contribution in [3.8, 4) is 0 Å². The number of rotatable bonds is 27. The SMILES string of the molecule is CCCCCCCCCCCCCN(CCCCCCCCCC)CCCCCN1CCCCC1. The minimum atomic E-state index is 1.36. The molecule has 35 heavy (non-hydrogen) atoms. The van der Waals surface area contributed by atoms with Crippen molar-refractivity contribution in [2.24, 2.45) is 0 Å². The molecule has 0 saturated carbocycles. The van der Waals surface area contributed by atoms with Crippen molar-refractivity contribution < 1.29 is 0 Å². The lowest BCUT2D eigenvalue weighted by atomic mass is 10.1. The Balaban J connectivity index is 2.08. The lowest BCUT2D eigenvalue weighted by Gasteiger charge is -2.26. The van der Waals surface area contributed by atoms with Crippen LogP contribution >= 0.6 is 0 Å². The van der Waals surface area contributed by atoms with Crippen LogP contribution in [0.5, 0.6) is 0 Å². The minimum absolute atomic E-state index is 1.36. The second-order valence-corrected chi connectivity index (χ2v) is 11.8.